The number of carbonyl (C=O) groups excluding carboxylic acids is 2. The molecule has 2 aliphatic rings. The molecule has 0 fully saturated rings. The maximum atomic E-state index is 12.2. The highest BCUT2D eigenvalue weighted by Gasteiger charge is 2.36. The molecule has 0 saturated carbocycles. The number of hydrogen-bond acceptors (Lipinski definition) is 4. The smallest absolute Gasteiger partial charge is 0.162 e. The summed E-state index contributed by atoms with van der Waals surface area (Å²) in [4.78, 5) is 24.3. The van der Waals surface area contributed by atoms with Crippen molar-refractivity contribution in [1.29, 1.82) is 0 Å². The number of ether oxygens (including phenoxy) is 2. The Balaban J connectivity index is 2.03. The van der Waals surface area contributed by atoms with Gasteiger partial charge in [-0.15, -0.1) is 0 Å². The Labute approximate surface area is 119 Å². The Morgan fingerprint density at radius 2 is 1.30 bits per heavy atom. The fourth-order valence-electron chi connectivity index (χ4n) is 2.95. The quantitative estimate of drug-likeness (QED) is 0.776. The average Bonchev–Trinajstić information content (AvgIpc) is 2.41. The summed E-state index contributed by atoms with van der Waals surface area (Å²) in [6.07, 6.45) is 6.06. The van der Waals surface area contributed by atoms with Gasteiger partial charge in [0, 0.05) is 36.8 Å². The minimum absolute atomic E-state index is 0.0336. The lowest BCUT2D eigenvalue weighted by atomic mass is 9.75. The summed E-state index contributed by atoms with van der Waals surface area (Å²) in [7, 11) is 0. The Kier molecular flexibility index (Phi) is 4.99. The van der Waals surface area contributed by atoms with Crippen molar-refractivity contribution >= 4 is 11.6 Å². The predicted octanol–water partition coefficient (Wildman–Crippen LogP) is 2.79. The summed E-state index contributed by atoms with van der Waals surface area (Å²) in [5, 5.41) is 0. The van der Waals surface area contributed by atoms with Gasteiger partial charge >= 0.3 is 0 Å². The van der Waals surface area contributed by atoms with Crippen LogP contribution in [0.4, 0.5) is 0 Å². The fraction of sp³-hybridized carbons (Fsp3) is 0.625. The third kappa shape index (κ3) is 3.30. The van der Waals surface area contributed by atoms with Crippen LogP contribution in [-0.4, -0.2) is 24.8 Å². The van der Waals surface area contributed by atoms with Crippen molar-refractivity contribution in [2.75, 3.05) is 13.2 Å². The molecule has 20 heavy (non-hydrogen) atoms. The Morgan fingerprint density at radius 3 is 1.60 bits per heavy atom. The van der Waals surface area contributed by atoms with E-state index in [1.165, 1.54) is 0 Å². The number of rotatable bonds is 5. The molecule has 0 aromatic rings. The largest absolute Gasteiger partial charge is 0.498 e. The Hall–Kier alpha value is -1.58. The first-order valence-electron chi connectivity index (χ1n) is 7.40. The second kappa shape index (κ2) is 6.73. The molecule has 2 atom stereocenters. The van der Waals surface area contributed by atoms with Crippen LogP contribution in [0.15, 0.2) is 23.7 Å². The minimum Gasteiger partial charge on any atom is -0.498 e. The second-order valence-corrected chi connectivity index (χ2v) is 5.18. The SMILES string of the molecule is CCOC1=CC(=O)C(C2CCC(OCC)=CC2=O)CC1. The highest BCUT2D eigenvalue weighted by molar-refractivity contribution is 6.00. The van der Waals surface area contributed by atoms with Crippen LogP contribution in [-0.2, 0) is 19.1 Å². The van der Waals surface area contributed by atoms with Crippen molar-refractivity contribution in [1.82, 2.24) is 0 Å². The standard InChI is InChI=1S/C16H22O4/c1-3-19-11-5-7-13(15(17)9-11)14-8-6-12(20-4-2)10-16(14)18/h9-10,13-14H,3-8H2,1-2H3. The summed E-state index contributed by atoms with van der Waals surface area (Å²) < 4.78 is 10.8. The first kappa shape index (κ1) is 14.8. The van der Waals surface area contributed by atoms with Crippen LogP contribution in [0.5, 0.6) is 0 Å². The van der Waals surface area contributed by atoms with Crippen molar-refractivity contribution in [3.05, 3.63) is 23.7 Å². The molecule has 0 amide bonds. The minimum atomic E-state index is -0.189. The molecule has 2 aliphatic carbocycles. The molecule has 0 radical (unpaired) electrons. The van der Waals surface area contributed by atoms with E-state index < -0.39 is 0 Å². The number of allylic oxidation sites excluding steroid dienone is 4. The van der Waals surface area contributed by atoms with E-state index in [-0.39, 0.29) is 23.4 Å². The molecule has 4 nitrogen and oxygen atoms in total. The van der Waals surface area contributed by atoms with Crippen LogP contribution in [0.2, 0.25) is 0 Å². The van der Waals surface area contributed by atoms with E-state index in [1.54, 1.807) is 12.2 Å². The molecule has 110 valence electrons. The van der Waals surface area contributed by atoms with E-state index in [0.717, 1.165) is 24.4 Å². The molecule has 0 saturated heterocycles. The van der Waals surface area contributed by atoms with Gasteiger partial charge in [-0.05, 0) is 26.7 Å². The number of hydrogen-bond donors (Lipinski definition) is 0. The zero-order valence-corrected chi connectivity index (χ0v) is 12.2. The van der Waals surface area contributed by atoms with E-state index in [4.69, 9.17) is 9.47 Å². The summed E-state index contributed by atoms with van der Waals surface area (Å²) in [6.45, 7) is 4.96. The summed E-state index contributed by atoms with van der Waals surface area (Å²) in [5.41, 5.74) is 0. The molecule has 0 heterocycles. The molecule has 0 aliphatic heterocycles. The van der Waals surface area contributed by atoms with Gasteiger partial charge in [0.1, 0.15) is 0 Å². The number of ketones is 2. The van der Waals surface area contributed by atoms with Crippen molar-refractivity contribution in [2.45, 2.75) is 39.5 Å². The highest BCUT2D eigenvalue weighted by Crippen LogP contribution is 2.34. The lowest BCUT2D eigenvalue weighted by Crippen LogP contribution is -2.33. The van der Waals surface area contributed by atoms with Crippen molar-refractivity contribution < 1.29 is 19.1 Å². The summed E-state index contributed by atoms with van der Waals surface area (Å²) in [6, 6.07) is 0. The first-order chi connectivity index (χ1) is 9.65. The third-order valence-electron chi connectivity index (χ3n) is 3.89. The van der Waals surface area contributed by atoms with E-state index in [2.05, 4.69) is 0 Å². The molecule has 0 N–H and O–H groups in total. The average molecular weight is 278 g/mol. The first-order valence-corrected chi connectivity index (χ1v) is 7.40. The van der Waals surface area contributed by atoms with Gasteiger partial charge in [-0.2, -0.15) is 0 Å². The third-order valence-corrected chi connectivity index (χ3v) is 3.89. The van der Waals surface area contributed by atoms with E-state index in [1.807, 2.05) is 13.8 Å². The molecule has 0 aromatic heterocycles. The molecule has 0 spiro atoms. The van der Waals surface area contributed by atoms with Crippen LogP contribution in [0.1, 0.15) is 39.5 Å². The van der Waals surface area contributed by atoms with Gasteiger partial charge in [0.05, 0.1) is 24.7 Å². The summed E-state index contributed by atoms with van der Waals surface area (Å²) >= 11 is 0. The molecule has 2 unspecified atom stereocenters. The van der Waals surface area contributed by atoms with Crippen molar-refractivity contribution in [3.63, 3.8) is 0 Å². The van der Waals surface area contributed by atoms with Crippen molar-refractivity contribution in [2.24, 2.45) is 11.8 Å². The maximum absolute atomic E-state index is 12.2. The molecular formula is C16H22O4. The molecule has 0 bridgehead atoms. The lowest BCUT2D eigenvalue weighted by Gasteiger charge is -2.29. The summed E-state index contributed by atoms with van der Waals surface area (Å²) in [5.74, 6) is 1.19. The van der Waals surface area contributed by atoms with E-state index >= 15 is 0 Å². The monoisotopic (exact) mass is 278 g/mol. The van der Waals surface area contributed by atoms with E-state index in [0.29, 0.717) is 26.1 Å². The van der Waals surface area contributed by atoms with E-state index in [9.17, 15) is 9.59 Å². The van der Waals surface area contributed by atoms with Crippen molar-refractivity contribution in [3.8, 4) is 0 Å². The van der Waals surface area contributed by atoms with Gasteiger partial charge in [0.25, 0.3) is 0 Å². The van der Waals surface area contributed by atoms with Gasteiger partial charge in [-0.1, -0.05) is 0 Å². The van der Waals surface area contributed by atoms with Crippen LogP contribution in [0.3, 0.4) is 0 Å². The Bertz CT molecular complexity index is 405. The van der Waals surface area contributed by atoms with Crippen LogP contribution >= 0.6 is 0 Å². The highest BCUT2D eigenvalue weighted by atomic mass is 16.5. The molecule has 0 aromatic carbocycles. The fourth-order valence-corrected chi connectivity index (χ4v) is 2.95. The van der Waals surface area contributed by atoms with Gasteiger partial charge in [-0.3, -0.25) is 9.59 Å². The van der Waals surface area contributed by atoms with Crippen LogP contribution < -0.4 is 0 Å². The van der Waals surface area contributed by atoms with Gasteiger partial charge in [-0.25, -0.2) is 0 Å². The molecular weight excluding hydrogens is 256 g/mol. The van der Waals surface area contributed by atoms with Crippen LogP contribution in [0.25, 0.3) is 0 Å². The lowest BCUT2D eigenvalue weighted by molar-refractivity contribution is -0.129. The number of carbonyl (C=O) groups is 2. The second-order valence-electron chi connectivity index (χ2n) is 5.18. The predicted molar refractivity (Wildman–Crippen MR) is 74.9 cm³/mol. The topological polar surface area (TPSA) is 52.6 Å². The molecule has 4 heteroatoms. The van der Waals surface area contributed by atoms with Gasteiger partial charge in [0.2, 0.25) is 0 Å². The maximum Gasteiger partial charge on any atom is 0.162 e. The van der Waals surface area contributed by atoms with Gasteiger partial charge in [0.15, 0.2) is 11.6 Å². The molecule has 2 rings (SSSR count). The Morgan fingerprint density at radius 1 is 0.900 bits per heavy atom. The zero-order chi connectivity index (χ0) is 14.5. The van der Waals surface area contributed by atoms with Crippen LogP contribution in [0, 0.1) is 11.8 Å². The normalized spacial score (nSPS) is 26.9. The van der Waals surface area contributed by atoms with Gasteiger partial charge < -0.3 is 9.47 Å². The zero-order valence-electron chi connectivity index (χ0n) is 12.2.